The fourth-order valence-corrected chi connectivity index (χ4v) is 1.52. The Labute approximate surface area is 93.4 Å². The van der Waals surface area contributed by atoms with Crippen molar-refractivity contribution in [1.82, 2.24) is 0 Å². The predicted molar refractivity (Wildman–Crippen MR) is 55.8 cm³/mol. The smallest absolute Gasteiger partial charge is 0.167 e. The highest BCUT2D eigenvalue weighted by Gasteiger charge is 2.20. The lowest BCUT2D eigenvalue weighted by molar-refractivity contribution is -0.0407. The van der Waals surface area contributed by atoms with E-state index in [-0.39, 0.29) is 12.2 Å². The second-order valence-electron chi connectivity index (χ2n) is 3.49. The summed E-state index contributed by atoms with van der Waals surface area (Å²) in [6.45, 7) is 1.09. The molecular formula is C12H11NO3. The largest absolute Gasteiger partial charge is 0.350 e. The van der Waals surface area contributed by atoms with Crippen LogP contribution >= 0.6 is 0 Å². The molecule has 1 heterocycles. The lowest BCUT2D eigenvalue weighted by Crippen LogP contribution is -2.14. The van der Waals surface area contributed by atoms with Crippen molar-refractivity contribution in [3.63, 3.8) is 0 Å². The van der Waals surface area contributed by atoms with Crippen LogP contribution in [0.4, 0.5) is 0 Å². The van der Waals surface area contributed by atoms with Crippen molar-refractivity contribution in [1.29, 1.82) is 5.26 Å². The van der Waals surface area contributed by atoms with Gasteiger partial charge in [0.05, 0.1) is 31.3 Å². The van der Waals surface area contributed by atoms with Gasteiger partial charge in [-0.1, -0.05) is 12.1 Å². The highest BCUT2D eigenvalue weighted by molar-refractivity contribution is 5.96. The SMILES string of the molecule is N#Cc1ccc(C(=O)CC2OCCO2)cc1. The summed E-state index contributed by atoms with van der Waals surface area (Å²) in [5, 5.41) is 8.62. The molecule has 0 saturated carbocycles. The molecule has 0 aliphatic carbocycles. The molecule has 2 rings (SSSR count). The molecule has 0 radical (unpaired) electrons. The van der Waals surface area contributed by atoms with E-state index in [0.717, 1.165) is 0 Å². The normalized spacial score (nSPS) is 15.9. The van der Waals surface area contributed by atoms with Gasteiger partial charge in [0, 0.05) is 5.56 Å². The van der Waals surface area contributed by atoms with Crippen LogP contribution < -0.4 is 0 Å². The van der Waals surface area contributed by atoms with Gasteiger partial charge in [-0.3, -0.25) is 4.79 Å². The number of hydrogen-bond acceptors (Lipinski definition) is 4. The molecule has 1 aromatic carbocycles. The molecule has 0 atom stereocenters. The second kappa shape index (κ2) is 4.88. The van der Waals surface area contributed by atoms with Crippen LogP contribution in [0.1, 0.15) is 22.3 Å². The van der Waals surface area contributed by atoms with Gasteiger partial charge in [0.15, 0.2) is 12.1 Å². The Morgan fingerprint density at radius 2 is 1.94 bits per heavy atom. The Bertz CT molecular complexity index is 413. The zero-order valence-electron chi connectivity index (χ0n) is 8.68. The minimum Gasteiger partial charge on any atom is -0.350 e. The molecule has 1 aromatic rings. The molecule has 1 aliphatic rings. The van der Waals surface area contributed by atoms with Gasteiger partial charge in [0.1, 0.15) is 0 Å². The van der Waals surface area contributed by atoms with E-state index in [1.54, 1.807) is 24.3 Å². The van der Waals surface area contributed by atoms with Crippen LogP contribution in [0.5, 0.6) is 0 Å². The summed E-state index contributed by atoms with van der Waals surface area (Å²) in [6.07, 6.45) is -0.186. The molecule has 4 nitrogen and oxygen atoms in total. The third-order valence-corrected chi connectivity index (χ3v) is 2.38. The number of nitrogens with zero attached hydrogens (tertiary/aromatic N) is 1. The van der Waals surface area contributed by atoms with Gasteiger partial charge in [-0.05, 0) is 12.1 Å². The topological polar surface area (TPSA) is 59.3 Å². The van der Waals surface area contributed by atoms with Crippen LogP contribution in [0.2, 0.25) is 0 Å². The molecule has 0 unspecified atom stereocenters. The van der Waals surface area contributed by atoms with E-state index < -0.39 is 6.29 Å². The molecule has 1 fully saturated rings. The molecule has 0 spiro atoms. The van der Waals surface area contributed by atoms with Crippen LogP contribution in [-0.4, -0.2) is 25.3 Å². The second-order valence-corrected chi connectivity index (χ2v) is 3.49. The first-order chi connectivity index (χ1) is 7.79. The number of ether oxygens (including phenoxy) is 2. The van der Waals surface area contributed by atoms with Gasteiger partial charge in [0.2, 0.25) is 0 Å². The Morgan fingerprint density at radius 3 is 2.50 bits per heavy atom. The van der Waals surface area contributed by atoms with E-state index in [9.17, 15) is 4.79 Å². The summed E-state index contributed by atoms with van der Waals surface area (Å²) < 4.78 is 10.4. The van der Waals surface area contributed by atoms with Gasteiger partial charge in [-0.25, -0.2) is 0 Å². The first kappa shape index (κ1) is 10.8. The predicted octanol–water partition coefficient (Wildman–Crippen LogP) is 1.50. The van der Waals surface area contributed by atoms with Crippen molar-refractivity contribution in [2.75, 3.05) is 13.2 Å². The summed E-state index contributed by atoms with van der Waals surface area (Å²) in [6, 6.07) is 8.56. The quantitative estimate of drug-likeness (QED) is 0.720. The molecule has 0 aromatic heterocycles. The fraction of sp³-hybridized carbons (Fsp3) is 0.333. The van der Waals surface area contributed by atoms with Crippen LogP contribution in [0, 0.1) is 11.3 Å². The highest BCUT2D eigenvalue weighted by atomic mass is 16.7. The van der Waals surface area contributed by atoms with Gasteiger partial charge in [-0.15, -0.1) is 0 Å². The number of carbonyl (C=O) groups excluding carboxylic acids is 1. The monoisotopic (exact) mass is 217 g/mol. The van der Waals surface area contributed by atoms with Crippen LogP contribution in [-0.2, 0) is 9.47 Å². The molecule has 16 heavy (non-hydrogen) atoms. The first-order valence-corrected chi connectivity index (χ1v) is 5.06. The van der Waals surface area contributed by atoms with Gasteiger partial charge in [-0.2, -0.15) is 5.26 Å². The Hall–Kier alpha value is -1.70. The Kier molecular flexibility index (Phi) is 3.30. The third-order valence-electron chi connectivity index (χ3n) is 2.38. The Balaban J connectivity index is 2.00. The third kappa shape index (κ3) is 2.45. The zero-order valence-corrected chi connectivity index (χ0v) is 8.68. The van der Waals surface area contributed by atoms with Crippen LogP contribution in [0.15, 0.2) is 24.3 Å². The van der Waals surface area contributed by atoms with Crippen LogP contribution in [0.25, 0.3) is 0 Å². The standard InChI is InChI=1S/C12H11NO3/c13-8-9-1-3-10(4-2-9)11(14)7-12-15-5-6-16-12/h1-4,12H,5-7H2. The maximum Gasteiger partial charge on any atom is 0.167 e. The number of nitriles is 1. The van der Waals surface area contributed by atoms with Crippen molar-refractivity contribution in [2.45, 2.75) is 12.7 Å². The minimum atomic E-state index is -0.414. The minimum absolute atomic E-state index is 0.0311. The number of Topliss-reactive ketones (excluding diaryl/α,β-unsaturated/α-hetero) is 1. The number of benzene rings is 1. The van der Waals surface area contributed by atoms with Crippen molar-refractivity contribution in [3.8, 4) is 6.07 Å². The average Bonchev–Trinajstić information content (AvgIpc) is 2.82. The number of ketones is 1. The number of carbonyl (C=O) groups is 1. The molecule has 0 N–H and O–H groups in total. The van der Waals surface area contributed by atoms with Crippen molar-refractivity contribution >= 4 is 5.78 Å². The zero-order chi connectivity index (χ0) is 11.4. The van der Waals surface area contributed by atoms with E-state index in [1.165, 1.54) is 0 Å². The molecule has 0 amide bonds. The summed E-state index contributed by atoms with van der Waals surface area (Å²) in [7, 11) is 0. The molecule has 4 heteroatoms. The van der Waals surface area contributed by atoms with Crippen LogP contribution in [0.3, 0.4) is 0 Å². The summed E-state index contributed by atoms with van der Waals surface area (Å²) in [5.41, 5.74) is 1.13. The van der Waals surface area contributed by atoms with Crippen molar-refractivity contribution < 1.29 is 14.3 Å². The van der Waals surface area contributed by atoms with Gasteiger partial charge < -0.3 is 9.47 Å². The lowest BCUT2D eigenvalue weighted by Gasteiger charge is -2.07. The average molecular weight is 217 g/mol. The van der Waals surface area contributed by atoms with E-state index >= 15 is 0 Å². The van der Waals surface area contributed by atoms with Crippen molar-refractivity contribution in [3.05, 3.63) is 35.4 Å². The summed E-state index contributed by atoms with van der Waals surface area (Å²) in [5.74, 6) is -0.0311. The van der Waals surface area contributed by atoms with E-state index in [1.807, 2.05) is 6.07 Å². The van der Waals surface area contributed by atoms with Crippen molar-refractivity contribution in [2.24, 2.45) is 0 Å². The van der Waals surface area contributed by atoms with Gasteiger partial charge in [0.25, 0.3) is 0 Å². The highest BCUT2D eigenvalue weighted by Crippen LogP contribution is 2.13. The summed E-state index contributed by atoms with van der Waals surface area (Å²) in [4.78, 5) is 11.8. The molecule has 1 saturated heterocycles. The maximum atomic E-state index is 11.8. The molecular weight excluding hydrogens is 206 g/mol. The van der Waals surface area contributed by atoms with Gasteiger partial charge >= 0.3 is 0 Å². The number of rotatable bonds is 3. The van der Waals surface area contributed by atoms with E-state index in [4.69, 9.17) is 14.7 Å². The first-order valence-electron chi connectivity index (χ1n) is 5.06. The number of hydrogen-bond donors (Lipinski definition) is 0. The molecule has 0 bridgehead atoms. The maximum absolute atomic E-state index is 11.8. The van der Waals surface area contributed by atoms with E-state index in [2.05, 4.69) is 0 Å². The molecule has 82 valence electrons. The molecule has 1 aliphatic heterocycles. The summed E-state index contributed by atoms with van der Waals surface area (Å²) >= 11 is 0. The lowest BCUT2D eigenvalue weighted by atomic mass is 10.1. The van der Waals surface area contributed by atoms with E-state index in [0.29, 0.717) is 24.3 Å². The fourth-order valence-electron chi connectivity index (χ4n) is 1.52. The Morgan fingerprint density at radius 1 is 1.31 bits per heavy atom.